The number of pyridine rings is 1. The first-order chi connectivity index (χ1) is 6.69. The van der Waals surface area contributed by atoms with Crippen molar-refractivity contribution in [2.75, 3.05) is 5.33 Å². The van der Waals surface area contributed by atoms with E-state index in [1.165, 1.54) is 0 Å². The third-order valence-electron chi connectivity index (χ3n) is 2.46. The lowest BCUT2D eigenvalue weighted by Crippen LogP contribution is -2.25. The molecule has 1 aromatic rings. The van der Waals surface area contributed by atoms with E-state index in [9.17, 15) is 4.79 Å². The van der Waals surface area contributed by atoms with Crippen molar-refractivity contribution >= 4 is 15.9 Å². The minimum atomic E-state index is 0.131. The van der Waals surface area contributed by atoms with Crippen LogP contribution in [0.25, 0.3) is 0 Å². The van der Waals surface area contributed by atoms with Gasteiger partial charge in [0.05, 0.1) is 0 Å². The van der Waals surface area contributed by atoms with Gasteiger partial charge in [-0.3, -0.25) is 4.79 Å². The Kier molecular flexibility index (Phi) is 4.39. The fraction of sp³-hybridized carbons (Fsp3) is 0.545. The maximum absolute atomic E-state index is 11.7. The summed E-state index contributed by atoms with van der Waals surface area (Å²) < 4.78 is 1.80. The van der Waals surface area contributed by atoms with Crippen LogP contribution in [0.15, 0.2) is 23.1 Å². The summed E-state index contributed by atoms with van der Waals surface area (Å²) in [6, 6.07) is 3.78. The SMILES string of the molecule is CCC(CBr)Cn1cccc(C)c1=O. The first-order valence-electron chi connectivity index (χ1n) is 4.91. The summed E-state index contributed by atoms with van der Waals surface area (Å²) in [6.45, 7) is 4.81. The molecule has 1 atom stereocenters. The molecule has 0 radical (unpaired) electrons. The van der Waals surface area contributed by atoms with Gasteiger partial charge in [-0.05, 0) is 18.9 Å². The van der Waals surface area contributed by atoms with Gasteiger partial charge in [-0.25, -0.2) is 0 Å². The molecule has 1 aromatic heterocycles. The second kappa shape index (κ2) is 5.35. The summed E-state index contributed by atoms with van der Waals surface area (Å²) in [7, 11) is 0. The van der Waals surface area contributed by atoms with Crippen LogP contribution >= 0.6 is 15.9 Å². The van der Waals surface area contributed by atoms with Gasteiger partial charge in [0.1, 0.15) is 0 Å². The predicted molar refractivity (Wildman–Crippen MR) is 63.0 cm³/mol. The molecule has 0 aliphatic rings. The van der Waals surface area contributed by atoms with Gasteiger partial charge < -0.3 is 4.57 Å². The summed E-state index contributed by atoms with van der Waals surface area (Å²) in [6.07, 6.45) is 2.95. The molecular formula is C11H16BrNO. The van der Waals surface area contributed by atoms with Gasteiger partial charge in [0.2, 0.25) is 0 Å². The standard InChI is InChI=1S/C11H16BrNO/c1-3-10(7-12)8-13-6-4-5-9(2)11(13)14/h4-6,10H,3,7-8H2,1-2H3. The van der Waals surface area contributed by atoms with Gasteiger partial charge >= 0.3 is 0 Å². The zero-order valence-electron chi connectivity index (χ0n) is 8.66. The molecule has 1 unspecified atom stereocenters. The topological polar surface area (TPSA) is 22.0 Å². The molecule has 0 bridgehead atoms. The summed E-state index contributed by atoms with van der Waals surface area (Å²) in [5, 5.41) is 0.948. The Labute approximate surface area is 93.1 Å². The fourth-order valence-corrected chi connectivity index (χ4v) is 2.03. The molecule has 0 aliphatic heterocycles. The Morgan fingerprint density at radius 3 is 2.86 bits per heavy atom. The molecule has 0 amide bonds. The Balaban J connectivity index is 2.86. The van der Waals surface area contributed by atoms with Gasteiger partial charge in [0.15, 0.2) is 0 Å². The van der Waals surface area contributed by atoms with Crippen LogP contribution in [-0.4, -0.2) is 9.90 Å². The molecule has 0 aliphatic carbocycles. The molecule has 0 spiro atoms. The van der Waals surface area contributed by atoms with E-state index in [1.807, 2.05) is 25.3 Å². The molecule has 2 nitrogen and oxygen atoms in total. The highest BCUT2D eigenvalue weighted by atomic mass is 79.9. The number of aromatic nitrogens is 1. The highest BCUT2D eigenvalue weighted by Crippen LogP contribution is 2.08. The molecular weight excluding hydrogens is 242 g/mol. The molecule has 0 saturated heterocycles. The number of hydrogen-bond donors (Lipinski definition) is 0. The Morgan fingerprint density at radius 1 is 1.57 bits per heavy atom. The van der Waals surface area contributed by atoms with Crippen molar-refractivity contribution in [2.24, 2.45) is 5.92 Å². The van der Waals surface area contributed by atoms with Crippen LogP contribution in [-0.2, 0) is 6.54 Å². The third-order valence-corrected chi connectivity index (χ3v) is 3.38. The lowest BCUT2D eigenvalue weighted by Gasteiger charge is -2.13. The summed E-state index contributed by atoms with van der Waals surface area (Å²) in [5.41, 5.74) is 0.948. The molecule has 0 N–H and O–H groups in total. The van der Waals surface area contributed by atoms with E-state index in [0.717, 1.165) is 23.9 Å². The number of alkyl halides is 1. The van der Waals surface area contributed by atoms with E-state index in [0.29, 0.717) is 5.92 Å². The average Bonchev–Trinajstić information content (AvgIpc) is 2.20. The van der Waals surface area contributed by atoms with E-state index < -0.39 is 0 Å². The quantitative estimate of drug-likeness (QED) is 0.761. The lowest BCUT2D eigenvalue weighted by molar-refractivity contribution is 0.468. The maximum atomic E-state index is 11.7. The Bertz CT molecular complexity index is 341. The summed E-state index contributed by atoms with van der Waals surface area (Å²) in [5.74, 6) is 0.537. The van der Waals surface area contributed by atoms with Crippen LogP contribution in [0, 0.1) is 12.8 Å². The van der Waals surface area contributed by atoms with E-state index in [2.05, 4.69) is 22.9 Å². The van der Waals surface area contributed by atoms with Crippen molar-refractivity contribution in [3.8, 4) is 0 Å². The highest BCUT2D eigenvalue weighted by Gasteiger charge is 2.06. The highest BCUT2D eigenvalue weighted by molar-refractivity contribution is 9.09. The Morgan fingerprint density at radius 2 is 2.29 bits per heavy atom. The minimum absolute atomic E-state index is 0.131. The second-order valence-corrected chi connectivity index (χ2v) is 4.22. The van der Waals surface area contributed by atoms with E-state index >= 15 is 0 Å². The average molecular weight is 258 g/mol. The number of hydrogen-bond acceptors (Lipinski definition) is 1. The third kappa shape index (κ3) is 2.71. The number of nitrogens with zero attached hydrogens (tertiary/aromatic N) is 1. The molecule has 0 aromatic carbocycles. The van der Waals surface area contributed by atoms with Gasteiger partial charge in [-0.2, -0.15) is 0 Å². The van der Waals surface area contributed by atoms with Gasteiger partial charge in [0.25, 0.3) is 5.56 Å². The van der Waals surface area contributed by atoms with Crippen LogP contribution < -0.4 is 5.56 Å². The molecule has 0 saturated carbocycles. The van der Waals surface area contributed by atoms with E-state index in [4.69, 9.17) is 0 Å². The van der Waals surface area contributed by atoms with Crippen LogP contribution in [0.5, 0.6) is 0 Å². The van der Waals surface area contributed by atoms with Crippen molar-refractivity contribution in [3.63, 3.8) is 0 Å². The lowest BCUT2D eigenvalue weighted by atomic mass is 10.1. The minimum Gasteiger partial charge on any atom is -0.315 e. The van der Waals surface area contributed by atoms with Crippen molar-refractivity contribution in [3.05, 3.63) is 34.2 Å². The van der Waals surface area contributed by atoms with E-state index in [-0.39, 0.29) is 5.56 Å². The maximum Gasteiger partial charge on any atom is 0.253 e. The number of aryl methyl sites for hydroxylation is 1. The molecule has 3 heteroatoms. The van der Waals surface area contributed by atoms with Crippen molar-refractivity contribution in [1.82, 2.24) is 4.57 Å². The van der Waals surface area contributed by atoms with Gasteiger partial charge in [-0.15, -0.1) is 0 Å². The predicted octanol–water partition coefficient (Wildman–Crippen LogP) is 2.58. The summed E-state index contributed by atoms with van der Waals surface area (Å²) >= 11 is 3.46. The molecule has 1 heterocycles. The first-order valence-corrected chi connectivity index (χ1v) is 6.03. The summed E-state index contributed by atoms with van der Waals surface area (Å²) in [4.78, 5) is 11.7. The van der Waals surface area contributed by atoms with Crippen LogP contribution in [0.2, 0.25) is 0 Å². The van der Waals surface area contributed by atoms with Crippen LogP contribution in [0.4, 0.5) is 0 Å². The molecule has 1 rings (SSSR count). The van der Waals surface area contributed by atoms with Crippen LogP contribution in [0.1, 0.15) is 18.9 Å². The smallest absolute Gasteiger partial charge is 0.253 e. The van der Waals surface area contributed by atoms with Crippen molar-refractivity contribution < 1.29 is 0 Å². The molecule has 0 fully saturated rings. The Hall–Kier alpha value is -0.570. The van der Waals surface area contributed by atoms with E-state index in [1.54, 1.807) is 4.57 Å². The van der Waals surface area contributed by atoms with Crippen molar-refractivity contribution in [2.45, 2.75) is 26.8 Å². The first kappa shape index (κ1) is 11.5. The number of rotatable bonds is 4. The van der Waals surface area contributed by atoms with Gasteiger partial charge in [-0.1, -0.05) is 35.3 Å². The normalized spacial score (nSPS) is 12.8. The van der Waals surface area contributed by atoms with Crippen molar-refractivity contribution in [1.29, 1.82) is 0 Å². The fourth-order valence-electron chi connectivity index (χ4n) is 1.37. The monoisotopic (exact) mass is 257 g/mol. The molecule has 78 valence electrons. The molecule has 14 heavy (non-hydrogen) atoms. The largest absolute Gasteiger partial charge is 0.315 e. The van der Waals surface area contributed by atoms with Crippen LogP contribution in [0.3, 0.4) is 0 Å². The zero-order chi connectivity index (χ0) is 10.6. The second-order valence-electron chi connectivity index (χ2n) is 3.58. The zero-order valence-corrected chi connectivity index (χ0v) is 10.3. The number of halogens is 1. The van der Waals surface area contributed by atoms with Gasteiger partial charge in [0, 0.05) is 23.6 Å².